The van der Waals surface area contributed by atoms with E-state index in [1.54, 1.807) is 0 Å². The summed E-state index contributed by atoms with van der Waals surface area (Å²) >= 11 is 0. The van der Waals surface area contributed by atoms with Gasteiger partial charge < -0.3 is 9.84 Å². The Morgan fingerprint density at radius 1 is 0.436 bits per heavy atom. The summed E-state index contributed by atoms with van der Waals surface area (Å²) in [6, 6.07) is 0. The zero-order valence-electron chi connectivity index (χ0n) is 27.1. The second-order valence-electron chi connectivity index (χ2n) is 12.4. The van der Waals surface area contributed by atoms with Crippen LogP contribution in [0.15, 0.2) is 0 Å². The largest absolute Gasteiger partial charge is 0.460 e. The highest BCUT2D eigenvalue weighted by Gasteiger charge is 2.21. The third kappa shape index (κ3) is 28.7. The average molecular weight is 553 g/mol. The molecule has 0 heterocycles. The summed E-state index contributed by atoms with van der Waals surface area (Å²) in [7, 11) is 0. The molecule has 2 atom stereocenters. The lowest BCUT2D eigenvalue weighted by molar-refractivity contribution is -0.160. The lowest BCUT2D eigenvalue weighted by Gasteiger charge is -2.20. The Morgan fingerprint density at radius 3 is 1.03 bits per heavy atom. The Labute approximate surface area is 246 Å². The quantitative estimate of drug-likeness (QED) is 0.0666. The van der Waals surface area contributed by atoms with Gasteiger partial charge in [0.25, 0.3) is 0 Å². The van der Waals surface area contributed by atoms with E-state index in [2.05, 4.69) is 20.8 Å². The lowest BCUT2D eigenvalue weighted by Crippen LogP contribution is -2.28. The topological polar surface area (TPSA) is 46.5 Å². The van der Waals surface area contributed by atoms with Gasteiger partial charge in [0.1, 0.15) is 6.10 Å². The molecule has 0 aromatic rings. The number of hydrogen-bond donors (Lipinski definition) is 1. The molecule has 0 rings (SSSR count). The molecule has 0 aliphatic carbocycles. The molecule has 234 valence electrons. The number of rotatable bonds is 32. The second-order valence-corrected chi connectivity index (χ2v) is 12.4. The molecule has 0 saturated heterocycles. The van der Waals surface area contributed by atoms with Crippen molar-refractivity contribution < 1.29 is 14.6 Å². The first kappa shape index (κ1) is 38.4. The van der Waals surface area contributed by atoms with Crippen LogP contribution in [0.25, 0.3) is 0 Å². The molecule has 0 amide bonds. The molecule has 0 saturated carbocycles. The summed E-state index contributed by atoms with van der Waals surface area (Å²) in [4.78, 5) is 12.6. The van der Waals surface area contributed by atoms with Gasteiger partial charge in [-0.15, -0.1) is 0 Å². The Balaban J connectivity index is 3.90. The molecule has 2 unspecified atom stereocenters. The number of unbranched alkanes of at least 4 members (excludes halogenated alkanes) is 24. The molecule has 0 spiro atoms. The van der Waals surface area contributed by atoms with E-state index in [-0.39, 0.29) is 12.1 Å². The van der Waals surface area contributed by atoms with Crippen molar-refractivity contribution in [3.63, 3.8) is 0 Å². The van der Waals surface area contributed by atoms with Crippen molar-refractivity contribution in [1.29, 1.82) is 0 Å². The molecular weight excluding hydrogens is 480 g/mol. The highest BCUT2D eigenvalue weighted by molar-refractivity contribution is 5.74. The first-order valence-electron chi connectivity index (χ1n) is 18.0. The van der Waals surface area contributed by atoms with E-state index in [1.165, 1.54) is 148 Å². The van der Waals surface area contributed by atoms with Crippen LogP contribution in [0.1, 0.15) is 213 Å². The fourth-order valence-electron chi connectivity index (χ4n) is 5.64. The molecule has 0 aromatic carbocycles. The predicted octanol–water partition coefficient (Wildman–Crippen LogP) is 12.0. The van der Waals surface area contributed by atoms with Gasteiger partial charge in [-0.2, -0.15) is 0 Å². The van der Waals surface area contributed by atoms with Crippen molar-refractivity contribution in [2.24, 2.45) is 0 Å². The van der Waals surface area contributed by atoms with Crippen molar-refractivity contribution in [1.82, 2.24) is 0 Å². The Morgan fingerprint density at radius 2 is 0.692 bits per heavy atom. The average Bonchev–Trinajstić information content (AvgIpc) is 2.94. The monoisotopic (exact) mass is 553 g/mol. The molecule has 0 bridgehead atoms. The highest BCUT2D eigenvalue weighted by atomic mass is 16.6. The van der Waals surface area contributed by atoms with Crippen LogP contribution >= 0.6 is 0 Å². The lowest BCUT2D eigenvalue weighted by atomic mass is 10.0. The van der Waals surface area contributed by atoms with Crippen molar-refractivity contribution in [3.05, 3.63) is 0 Å². The second kappa shape index (κ2) is 32.0. The SMILES string of the molecule is CCCCCCCCCCCCCCCCC(O)C(=O)OC(CCCCCC)CCCCCCCCCCC. The van der Waals surface area contributed by atoms with Crippen LogP contribution in [-0.4, -0.2) is 23.3 Å². The number of carbonyl (C=O) groups is 1. The maximum Gasteiger partial charge on any atom is 0.335 e. The Bertz CT molecular complexity index is 478. The summed E-state index contributed by atoms with van der Waals surface area (Å²) in [5, 5.41) is 10.4. The minimum Gasteiger partial charge on any atom is -0.460 e. The minimum atomic E-state index is -0.941. The van der Waals surface area contributed by atoms with Crippen LogP contribution in [0.3, 0.4) is 0 Å². The van der Waals surface area contributed by atoms with Crippen LogP contribution in [0, 0.1) is 0 Å². The smallest absolute Gasteiger partial charge is 0.335 e. The van der Waals surface area contributed by atoms with Crippen LogP contribution in [0.5, 0.6) is 0 Å². The fourth-order valence-corrected chi connectivity index (χ4v) is 5.64. The number of aliphatic hydroxyl groups is 1. The summed E-state index contributed by atoms with van der Waals surface area (Å²) in [6.07, 6.45) is 36.6. The molecule has 0 fully saturated rings. The summed E-state index contributed by atoms with van der Waals surface area (Å²) < 4.78 is 5.85. The first-order valence-corrected chi connectivity index (χ1v) is 18.0. The number of esters is 1. The molecule has 3 nitrogen and oxygen atoms in total. The van der Waals surface area contributed by atoms with Crippen LogP contribution in [0.2, 0.25) is 0 Å². The maximum atomic E-state index is 12.6. The van der Waals surface area contributed by atoms with Gasteiger partial charge in [-0.3, -0.25) is 0 Å². The molecule has 0 aromatic heterocycles. The van der Waals surface area contributed by atoms with Crippen molar-refractivity contribution in [3.8, 4) is 0 Å². The Kier molecular flexibility index (Phi) is 31.5. The standard InChI is InChI=1S/C36H72O3/c1-4-7-10-13-15-17-18-19-20-21-23-25-27-30-33-35(37)36(38)39-34(31-28-12-9-6-3)32-29-26-24-22-16-14-11-8-5-2/h34-35,37H,4-33H2,1-3H3. The van der Waals surface area contributed by atoms with Gasteiger partial charge in [0.2, 0.25) is 0 Å². The van der Waals surface area contributed by atoms with E-state index in [0.717, 1.165) is 38.5 Å². The van der Waals surface area contributed by atoms with E-state index in [1.807, 2.05) is 0 Å². The van der Waals surface area contributed by atoms with E-state index in [4.69, 9.17) is 4.74 Å². The van der Waals surface area contributed by atoms with Gasteiger partial charge in [0, 0.05) is 0 Å². The van der Waals surface area contributed by atoms with Crippen molar-refractivity contribution in [2.45, 2.75) is 226 Å². The summed E-state index contributed by atoms with van der Waals surface area (Å²) in [5.74, 6) is -0.374. The molecule has 0 aliphatic heterocycles. The normalized spacial score (nSPS) is 13.0. The fraction of sp³-hybridized carbons (Fsp3) is 0.972. The molecule has 1 N–H and O–H groups in total. The number of hydrogen-bond acceptors (Lipinski definition) is 3. The molecular formula is C36H72O3. The zero-order valence-corrected chi connectivity index (χ0v) is 27.1. The molecule has 39 heavy (non-hydrogen) atoms. The van der Waals surface area contributed by atoms with Gasteiger partial charge in [0.05, 0.1) is 0 Å². The highest BCUT2D eigenvalue weighted by Crippen LogP contribution is 2.19. The molecule has 3 heteroatoms. The summed E-state index contributed by atoms with van der Waals surface area (Å²) in [6.45, 7) is 6.78. The minimum absolute atomic E-state index is 0.00935. The van der Waals surface area contributed by atoms with Gasteiger partial charge in [-0.05, 0) is 32.1 Å². The third-order valence-corrected chi connectivity index (χ3v) is 8.40. The first-order chi connectivity index (χ1) is 19.2. The number of ether oxygens (including phenoxy) is 1. The number of aliphatic hydroxyl groups excluding tert-OH is 1. The van der Waals surface area contributed by atoms with E-state index < -0.39 is 6.10 Å². The predicted molar refractivity (Wildman–Crippen MR) is 171 cm³/mol. The van der Waals surface area contributed by atoms with Crippen LogP contribution in [0.4, 0.5) is 0 Å². The summed E-state index contributed by atoms with van der Waals surface area (Å²) in [5.41, 5.74) is 0. The van der Waals surface area contributed by atoms with E-state index in [9.17, 15) is 9.90 Å². The maximum absolute atomic E-state index is 12.6. The van der Waals surface area contributed by atoms with E-state index in [0.29, 0.717) is 6.42 Å². The van der Waals surface area contributed by atoms with Crippen molar-refractivity contribution >= 4 is 5.97 Å². The third-order valence-electron chi connectivity index (χ3n) is 8.40. The van der Waals surface area contributed by atoms with Gasteiger partial charge >= 0.3 is 5.97 Å². The van der Waals surface area contributed by atoms with Gasteiger partial charge in [-0.1, -0.05) is 181 Å². The van der Waals surface area contributed by atoms with Gasteiger partial charge in [-0.25, -0.2) is 4.79 Å². The van der Waals surface area contributed by atoms with Crippen molar-refractivity contribution in [2.75, 3.05) is 0 Å². The van der Waals surface area contributed by atoms with Gasteiger partial charge in [0.15, 0.2) is 6.10 Å². The van der Waals surface area contributed by atoms with Crippen LogP contribution in [-0.2, 0) is 9.53 Å². The molecule has 0 radical (unpaired) electrons. The Hall–Kier alpha value is -0.570. The van der Waals surface area contributed by atoms with Crippen LogP contribution < -0.4 is 0 Å². The van der Waals surface area contributed by atoms with E-state index >= 15 is 0 Å². The zero-order chi connectivity index (χ0) is 28.7. The molecule has 0 aliphatic rings. The number of carbonyl (C=O) groups excluding carboxylic acids is 1.